The van der Waals surface area contributed by atoms with Crippen LogP contribution in [0.15, 0.2) is 76.8 Å². The molecule has 0 saturated heterocycles. The lowest BCUT2D eigenvalue weighted by molar-refractivity contribution is 0.528. The van der Waals surface area contributed by atoms with E-state index in [0.717, 1.165) is 16.5 Å². The van der Waals surface area contributed by atoms with Crippen molar-refractivity contribution in [1.29, 1.82) is 0 Å². The fraction of sp³-hybridized carbons (Fsp3) is 0.143. The van der Waals surface area contributed by atoms with Crippen LogP contribution in [0, 0.1) is 0 Å². The van der Waals surface area contributed by atoms with Gasteiger partial charge in [-0.25, -0.2) is 0 Å². The second-order valence-electron chi connectivity index (χ2n) is 6.26. The topological polar surface area (TPSA) is 69.6 Å². The molecule has 0 fully saturated rings. The molecule has 8 heteroatoms. The molecule has 0 aliphatic rings. The van der Waals surface area contributed by atoms with E-state index in [9.17, 15) is 0 Å². The summed E-state index contributed by atoms with van der Waals surface area (Å²) in [6, 6.07) is 17.5. The molecule has 0 radical (unpaired) electrons. The first-order chi connectivity index (χ1) is 14.2. The van der Waals surface area contributed by atoms with Crippen molar-refractivity contribution in [2.75, 3.05) is 0 Å². The largest absolute Gasteiger partial charge is 0.420 e. The fourth-order valence-corrected chi connectivity index (χ4v) is 3.72. The molecule has 0 amide bonds. The van der Waals surface area contributed by atoms with Gasteiger partial charge in [0.2, 0.25) is 11.8 Å². The van der Waals surface area contributed by atoms with E-state index in [0.29, 0.717) is 35.5 Å². The molecule has 2 aromatic carbocycles. The molecule has 0 N–H and O–H groups in total. The first-order valence-corrected chi connectivity index (χ1v) is 10.4. The molecular formula is C21H18ClN5OS. The summed E-state index contributed by atoms with van der Waals surface area (Å²) < 4.78 is 7.83. The maximum atomic E-state index is 5.92. The Morgan fingerprint density at radius 2 is 1.79 bits per heavy atom. The molecule has 0 aliphatic carbocycles. The summed E-state index contributed by atoms with van der Waals surface area (Å²) in [5.74, 6) is 2.39. The van der Waals surface area contributed by atoms with E-state index in [4.69, 9.17) is 16.0 Å². The molecular weight excluding hydrogens is 406 g/mol. The lowest BCUT2D eigenvalue weighted by atomic mass is 10.1. The molecule has 0 bridgehead atoms. The third-order valence-electron chi connectivity index (χ3n) is 4.19. The van der Waals surface area contributed by atoms with Crippen molar-refractivity contribution in [3.63, 3.8) is 0 Å². The van der Waals surface area contributed by atoms with E-state index in [-0.39, 0.29) is 0 Å². The monoisotopic (exact) mass is 423 g/mol. The van der Waals surface area contributed by atoms with Gasteiger partial charge < -0.3 is 8.98 Å². The van der Waals surface area contributed by atoms with Crippen LogP contribution in [0.3, 0.4) is 0 Å². The summed E-state index contributed by atoms with van der Waals surface area (Å²) in [4.78, 5) is 0. The smallest absolute Gasteiger partial charge is 0.247 e. The second-order valence-corrected chi connectivity index (χ2v) is 7.64. The predicted molar refractivity (Wildman–Crippen MR) is 114 cm³/mol. The molecule has 0 unspecified atom stereocenters. The third-order valence-corrected chi connectivity index (χ3v) is 5.40. The number of thioether (sulfide) groups is 1. The van der Waals surface area contributed by atoms with Crippen molar-refractivity contribution in [3.05, 3.63) is 89.6 Å². The van der Waals surface area contributed by atoms with E-state index in [1.807, 2.05) is 36.4 Å². The molecule has 0 aliphatic heterocycles. The Labute approximate surface area is 177 Å². The average molecular weight is 424 g/mol. The first kappa shape index (κ1) is 19.4. The maximum Gasteiger partial charge on any atom is 0.247 e. The Bertz CT molecular complexity index is 1090. The summed E-state index contributed by atoms with van der Waals surface area (Å²) in [5, 5.41) is 18.4. The van der Waals surface area contributed by atoms with Crippen LogP contribution >= 0.6 is 23.4 Å². The minimum Gasteiger partial charge on any atom is -0.420 e. The van der Waals surface area contributed by atoms with E-state index >= 15 is 0 Å². The highest BCUT2D eigenvalue weighted by molar-refractivity contribution is 7.98. The Morgan fingerprint density at radius 1 is 1.00 bits per heavy atom. The normalized spacial score (nSPS) is 10.9. The highest BCUT2D eigenvalue weighted by Gasteiger charge is 2.15. The third kappa shape index (κ3) is 4.75. The van der Waals surface area contributed by atoms with E-state index < -0.39 is 0 Å². The summed E-state index contributed by atoms with van der Waals surface area (Å²) in [5.41, 5.74) is 2.02. The molecule has 4 rings (SSSR count). The van der Waals surface area contributed by atoms with Gasteiger partial charge in [0.05, 0.1) is 5.75 Å². The molecule has 0 saturated carbocycles. The van der Waals surface area contributed by atoms with Crippen LogP contribution in [0.1, 0.15) is 17.3 Å². The number of halogens is 1. The Morgan fingerprint density at radius 3 is 2.55 bits per heavy atom. The zero-order valence-corrected chi connectivity index (χ0v) is 17.1. The number of hydrogen-bond donors (Lipinski definition) is 0. The Kier molecular flexibility index (Phi) is 6.07. The van der Waals surface area contributed by atoms with E-state index in [2.05, 4.69) is 43.7 Å². The molecule has 146 valence electrons. The SMILES string of the molecule is C=CCn1c(Cc2ccccc2)nnc1SCc1nnc(-c2ccc(Cl)cc2)o1. The highest BCUT2D eigenvalue weighted by Crippen LogP contribution is 2.25. The van der Waals surface area contributed by atoms with Gasteiger partial charge >= 0.3 is 0 Å². The van der Waals surface area contributed by atoms with Gasteiger partial charge in [-0.1, -0.05) is 59.8 Å². The van der Waals surface area contributed by atoms with E-state index in [1.54, 1.807) is 12.1 Å². The summed E-state index contributed by atoms with van der Waals surface area (Å²) in [6.45, 7) is 4.49. The van der Waals surface area contributed by atoms with Gasteiger partial charge in [-0.2, -0.15) is 0 Å². The van der Waals surface area contributed by atoms with Crippen LogP contribution in [0.25, 0.3) is 11.5 Å². The standard InChI is InChI=1S/C21H18ClN5OS/c1-2-12-27-18(13-15-6-4-3-5-7-15)23-26-21(27)29-14-19-24-25-20(28-19)16-8-10-17(22)11-9-16/h2-11H,1,12-14H2. The van der Waals surface area contributed by atoms with Crippen LogP contribution in [-0.2, 0) is 18.7 Å². The van der Waals surface area contributed by atoms with Crippen molar-refractivity contribution >= 4 is 23.4 Å². The molecule has 0 atom stereocenters. The first-order valence-electron chi connectivity index (χ1n) is 9.01. The van der Waals surface area contributed by atoms with E-state index in [1.165, 1.54) is 17.3 Å². The van der Waals surface area contributed by atoms with Gasteiger partial charge in [0.25, 0.3) is 0 Å². The predicted octanol–water partition coefficient (Wildman–Crippen LogP) is 5.05. The molecule has 4 aromatic rings. The van der Waals surface area contributed by atoms with Crippen LogP contribution in [0.2, 0.25) is 5.02 Å². The van der Waals surface area contributed by atoms with Crippen LogP contribution < -0.4 is 0 Å². The van der Waals surface area contributed by atoms with Gasteiger partial charge in [-0.15, -0.1) is 27.0 Å². The van der Waals surface area contributed by atoms with Crippen molar-refractivity contribution in [1.82, 2.24) is 25.0 Å². The summed E-state index contributed by atoms with van der Waals surface area (Å²) >= 11 is 7.43. The summed E-state index contributed by atoms with van der Waals surface area (Å²) in [7, 11) is 0. The molecule has 2 heterocycles. The number of aromatic nitrogens is 5. The van der Waals surface area contributed by atoms with Gasteiger partial charge in [0, 0.05) is 23.6 Å². The zero-order valence-electron chi connectivity index (χ0n) is 15.5. The number of rotatable bonds is 8. The van der Waals surface area contributed by atoms with Gasteiger partial charge in [0.1, 0.15) is 5.82 Å². The highest BCUT2D eigenvalue weighted by atomic mass is 35.5. The van der Waals surface area contributed by atoms with Crippen LogP contribution in [0.5, 0.6) is 0 Å². The molecule has 0 spiro atoms. The molecule has 2 aromatic heterocycles. The maximum absolute atomic E-state index is 5.92. The van der Waals surface area contributed by atoms with Crippen molar-refractivity contribution in [2.45, 2.75) is 23.9 Å². The summed E-state index contributed by atoms with van der Waals surface area (Å²) in [6.07, 6.45) is 2.55. The number of nitrogens with zero attached hydrogens (tertiary/aromatic N) is 5. The number of benzene rings is 2. The Balaban J connectivity index is 1.47. The van der Waals surface area contributed by atoms with Gasteiger partial charge in [-0.3, -0.25) is 0 Å². The average Bonchev–Trinajstić information content (AvgIpc) is 3.36. The Hall–Kier alpha value is -2.90. The molecule has 6 nitrogen and oxygen atoms in total. The van der Waals surface area contributed by atoms with Crippen molar-refractivity contribution in [2.24, 2.45) is 0 Å². The molecule has 29 heavy (non-hydrogen) atoms. The minimum absolute atomic E-state index is 0.467. The number of hydrogen-bond acceptors (Lipinski definition) is 6. The van der Waals surface area contributed by atoms with Gasteiger partial charge in [0.15, 0.2) is 5.16 Å². The quantitative estimate of drug-likeness (QED) is 0.291. The minimum atomic E-state index is 0.467. The number of allylic oxidation sites excluding steroid dienone is 1. The zero-order chi connectivity index (χ0) is 20.1. The van der Waals surface area contributed by atoms with Crippen LogP contribution in [-0.4, -0.2) is 25.0 Å². The van der Waals surface area contributed by atoms with Crippen molar-refractivity contribution < 1.29 is 4.42 Å². The fourth-order valence-electron chi connectivity index (χ4n) is 2.79. The van der Waals surface area contributed by atoms with Gasteiger partial charge in [-0.05, 0) is 29.8 Å². The lowest BCUT2D eigenvalue weighted by Crippen LogP contribution is -2.04. The lowest BCUT2D eigenvalue weighted by Gasteiger charge is -2.07. The van der Waals surface area contributed by atoms with Crippen molar-refractivity contribution in [3.8, 4) is 11.5 Å². The second kappa shape index (κ2) is 9.07. The van der Waals surface area contributed by atoms with Crippen LogP contribution in [0.4, 0.5) is 0 Å².